The van der Waals surface area contributed by atoms with Crippen molar-refractivity contribution in [3.05, 3.63) is 46.0 Å². The van der Waals surface area contributed by atoms with E-state index in [2.05, 4.69) is 20.9 Å². The monoisotopic (exact) mass is 301 g/mol. The van der Waals surface area contributed by atoms with Crippen molar-refractivity contribution in [1.29, 1.82) is 10.5 Å². The van der Waals surface area contributed by atoms with Crippen molar-refractivity contribution < 1.29 is 0 Å². The number of nitrogen functional groups attached to an aromatic ring is 1. The largest absolute Gasteiger partial charge is 0.399 e. The van der Waals surface area contributed by atoms with Gasteiger partial charge >= 0.3 is 0 Å². The zero-order valence-electron chi connectivity index (χ0n) is 9.26. The second kappa shape index (κ2) is 4.91. The molecule has 0 bridgehead atoms. The Kier molecular flexibility index (Phi) is 3.31. The van der Waals surface area contributed by atoms with Gasteiger partial charge in [0.05, 0.1) is 6.33 Å². The SMILES string of the molecule is N#Cc1ncn(Cc2cc(N)cc(Br)c2)c1C#N. The third-order valence-electron chi connectivity index (χ3n) is 2.38. The topological polar surface area (TPSA) is 91.4 Å². The minimum atomic E-state index is 0.139. The summed E-state index contributed by atoms with van der Waals surface area (Å²) < 4.78 is 2.50. The van der Waals surface area contributed by atoms with Gasteiger partial charge in [-0.25, -0.2) is 4.98 Å². The van der Waals surface area contributed by atoms with E-state index in [1.807, 2.05) is 24.3 Å². The van der Waals surface area contributed by atoms with E-state index in [0.29, 0.717) is 12.2 Å². The Morgan fingerprint density at radius 1 is 1.28 bits per heavy atom. The summed E-state index contributed by atoms with van der Waals surface area (Å²) >= 11 is 3.36. The molecule has 0 saturated carbocycles. The first-order valence-electron chi connectivity index (χ1n) is 5.04. The fourth-order valence-corrected chi connectivity index (χ4v) is 2.22. The minimum Gasteiger partial charge on any atom is -0.399 e. The van der Waals surface area contributed by atoms with Gasteiger partial charge in [0.15, 0.2) is 11.4 Å². The number of aromatic nitrogens is 2. The molecule has 88 valence electrons. The number of hydrogen-bond donors (Lipinski definition) is 1. The van der Waals surface area contributed by atoms with E-state index in [-0.39, 0.29) is 11.4 Å². The normalized spacial score (nSPS) is 9.72. The summed E-state index contributed by atoms with van der Waals surface area (Å²) in [6.07, 6.45) is 1.48. The van der Waals surface area contributed by atoms with E-state index in [1.165, 1.54) is 6.33 Å². The molecule has 0 aliphatic carbocycles. The highest BCUT2D eigenvalue weighted by molar-refractivity contribution is 9.10. The Hall–Kier alpha value is -2.31. The smallest absolute Gasteiger partial charge is 0.176 e. The van der Waals surface area contributed by atoms with Crippen LogP contribution in [0.25, 0.3) is 0 Å². The number of nitrogens with two attached hydrogens (primary N) is 1. The molecular formula is C12H8BrN5. The van der Waals surface area contributed by atoms with Crippen LogP contribution < -0.4 is 5.73 Å². The molecule has 18 heavy (non-hydrogen) atoms. The van der Waals surface area contributed by atoms with Gasteiger partial charge in [-0.15, -0.1) is 0 Å². The van der Waals surface area contributed by atoms with E-state index < -0.39 is 0 Å². The van der Waals surface area contributed by atoms with Gasteiger partial charge in [0.1, 0.15) is 12.1 Å². The van der Waals surface area contributed by atoms with Crippen molar-refractivity contribution in [3.8, 4) is 12.1 Å². The quantitative estimate of drug-likeness (QED) is 0.859. The predicted octanol–water partition coefficient (Wildman–Crippen LogP) is 2.02. The van der Waals surface area contributed by atoms with Crippen LogP contribution in [0.3, 0.4) is 0 Å². The maximum atomic E-state index is 9.01. The van der Waals surface area contributed by atoms with Crippen molar-refractivity contribution in [1.82, 2.24) is 9.55 Å². The van der Waals surface area contributed by atoms with E-state index in [9.17, 15) is 0 Å². The van der Waals surface area contributed by atoms with Gasteiger partial charge in [0, 0.05) is 16.7 Å². The van der Waals surface area contributed by atoms with Gasteiger partial charge in [-0.3, -0.25) is 0 Å². The van der Waals surface area contributed by atoms with Gasteiger partial charge in [-0.1, -0.05) is 15.9 Å². The van der Waals surface area contributed by atoms with Crippen LogP contribution in [0.5, 0.6) is 0 Å². The van der Waals surface area contributed by atoms with Crippen LogP contribution >= 0.6 is 15.9 Å². The average molecular weight is 302 g/mol. The summed E-state index contributed by atoms with van der Waals surface area (Å²) in [7, 11) is 0. The highest BCUT2D eigenvalue weighted by Crippen LogP contribution is 2.19. The summed E-state index contributed by atoms with van der Waals surface area (Å²) in [5, 5.41) is 17.8. The lowest BCUT2D eigenvalue weighted by molar-refractivity contribution is 0.785. The molecule has 1 aromatic carbocycles. The first kappa shape index (κ1) is 12.2. The van der Waals surface area contributed by atoms with Crippen LogP contribution in [0.2, 0.25) is 0 Å². The lowest BCUT2D eigenvalue weighted by Crippen LogP contribution is -2.02. The molecule has 2 N–H and O–H groups in total. The van der Waals surface area contributed by atoms with Crippen molar-refractivity contribution in [3.63, 3.8) is 0 Å². The Balaban J connectivity index is 2.38. The summed E-state index contributed by atoms with van der Waals surface area (Å²) in [5.74, 6) is 0. The first-order valence-corrected chi connectivity index (χ1v) is 5.83. The van der Waals surface area contributed by atoms with E-state index in [1.54, 1.807) is 10.6 Å². The number of hydrogen-bond acceptors (Lipinski definition) is 4. The molecular weight excluding hydrogens is 294 g/mol. The van der Waals surface area contributed by atoms with E-state index in [4.69, 9.17) is 16.3 Å². The van der Waals surface area contributed by atoms with Crippen LogP contribution in [0.1, 0.15) is 17.0 Å². The van der Waals surface area contributed by atoms with Gasteiger partial charge < -0.3 is 10.3 Å². The zero-order chi connectivity index (χ0) is 13.1. The molecule has 0 aliphatic rings. The molecule has 0 fully saturated rings. The summed E-state index contributed by atoms with van der Waals surface area (Å²) in [6, 6.07) is 9.39. The van der Waals surface area contributed by atoms with Crippen LogP contribution in [-0.4, -0.2) is 9.55 Å². The fraction of sp³-hybridized carbons (Fsp3) is 0.0833. The number of anilines is 1. The number of benzene rings is 1. The van der Waals surface area contributed by atoms with Gasteiger partial charge in [0.2, 0.25) is 0 Å². The second-order valence-electron chi connectivity index (χ2n) is 3.69. The number of halogens is 1. The Morgan fingerprint density at radius 3 is 2.67 bits per heavy atom. The summed E-state index contributed by atoms with van der Waals surface area (Å²) in [5.41, 5.74) is 7.71. The zero-order valence-corrected chi connectivity index (χ0v) is 10.8. The molecule has 0 amide bonds. The van der Waals surface area contributed by atoms with E-state index in [0.717, 1.165) is 10.0 Å². The summed E-state index contributed by atoms with van der Waals surface area (Å²) in [6.45, 7) is 0.446. The molecule has 0 radical (unpaired) electrons. The van der Waals surface area contributed by atoms with Crippen molar-refractivity contribution in [2.75, 3.05) is 5.73 Å². The number of nitrogens with zero attached hydrogens (tertiary/aromatic N) is 4. The van der Waals surface area contributed by atoms with Gasteiger partial charge in [0.25, 0.3) is 0 Å². The third kappa shape index (κ3) is 2.34. The van der Waals surface area contributed by atoms with Crippen LogP contribution in [-0.2, 0) is 6.54 Å². The van der Waals surface area contributed by atoms with Crippen molar-refractivity contribution >= 4 is 21.6 Å². The lowest BCUT2D eigenvalue weighted by Gasteiger charge is -2.06. The molecule has 0 spiro atoms. The molecule has 0 atom stereocenters. The molecule has 5 nitrogen and oxygen atoms in total. The standard InChI is InChI=1S/C12H8BrN5/c13-9-1-8(2-10(16)3-9)6-18-7-17-11(4-14)12(18)5-15/h1-3,7H,6,16H2. The van der Waals surface area contributed by atoms with Crippen LogP contribution in [0, 0.1) is 22.7 Å². The molecule has 0 saturated heterocycles. The van der Waals surface area contributed by atoms with Crippen LogP contribution in [0.15, 0.2) is 29.0 Å². The molecule has 2 aromatic rings. The Morgan fingerprint density at radius 2 is 2.06 bits per heavy atom. The molecule has 0 aliphatic heterocycles. The molecule has 1 heterocycles. The van der Waals surface area contributed by atoms with Gasteiger partial charge in [-0.05, 0) is 23.8 Å². The third-order valence-corrected chi connectivity index (χ3v) is 2.84. The van der Waals surface area contributed by atoms with Crippen molar-refractivity contribution in [2.45, 2.75) is 6.54 Å². The second-order valence-corrected chi connectivity index (χ2v) is 4.60. The van der Waals surface area contributed by atoms with E-state index >= 15 is 0 Å². The first-order chi connectivity index (χ1) is 8.63. The maximum Gasteiger partial charge on any atom is 0.176 e. The predicted molar refractivity (Wildman–Crippen MR) is 69.3 cm³/mol. The molecule has 1 aromatic heterocycles. The highest BCUT2D eigenvalue weighted by atomic mass is 79.9. The summed E-state index contributed by atoms with van der Waals surface area (Å²) in [4.78, 5) is 3.88. The number of nitriles is 2. The highest BCUT2D eigenvalue weighted by Gasteiger charge is 2.10. The minimum absolute atomic E-state index is 0.139. The molecule has 6 heteroatoms. The molecule has 0 unspecified atom stereocenters. The lowest BCUT2D eigenvalue weighted by atomic mass is 10.2. The maximum absolute atomic E-state index is 9.01. The number of imidazole rings is 1. The Bertz CT molecular complexity index is 655. The molecule has 2 rings (SSSR count). The number of rotatable bonds is 2. The van der Waals surface area contributed by atoms with Crippen molar-refractivity contribution in [2.24, 2.45) is 0 Å². The Labute approximate surface area is 112 Å². The average Bonchev–Trinajstić information content (AvgIpc) is 2.69. The van der Waals surface area contributed by atoms with Crippen LogP contribution in [0.4, 0.5) is 5.69 Å². The fourth-order valence-electron chi connectivity index (χ4n) is 1.66. The van der Waals surface area contributed by atoms with Gasteiger partial charge in [-0.2, -0.15) is 10.5 Å².